The largest absolute Gasteiger partial charge is 0.439 e. The normalized spacial score (nSPS) is 18.7. The van der Waals surface area contributed by atoms with E-state index in [1.807, 2.05) is 85.8 Å². The number of ether oxygens (including phenoxy) is 2. The molecule has 4 aromatic carbocycles. The van der Waals surface area contributed by atoms with Crippen LogP contribution in [0, 0.1) is 0 Å². The van der Waals surface area contributed by atoms with Gasteiger partial charge in [-0.25, -0.2) is 4.18 Å². The molecule has 0 bridgehead atoms. The summed E-state index contributed by atoms with van der Waals surface area (Å²) >= 11 is 0. The van der Waals surface area contributed by atoms with Gasteiger partial charge in [-0.05, 0) is 59.4 Å². The molecule has 0 aliphatic carbocycles. The highest BCUT2D eigenvalue weighted by atomic mass is 32.3. The van der Waals surface area contributed by atoms with E-state index in [2.05, 4.69) is 37.3 Å². The minimum Gasteiger partial charge on any atom is -0.439 e. The fraction of sp³-hybridized carbons (Fsp3) is 0.176. The quantitative estimate of drug-likeness (QED) is 0.225. The second-order valence-corrected chi connectivity index (χ2v) is 11.4. The molecular weight excluding hydrogens is 564 g/mol. The molecule has 43 heavy (non-hydrogen) atoms. The molecule has 0 fully saturated rings. The SMILES string of the molecule is CCC(=C\C1Oc2ccc(-c3ccccc3)cc2[NH+]1CC)/C=C1/Oc2ccc(-c3ccccc3)cc2N1COS(=O)(=O)O. The predicted molar refractivity (Wildman–Crippen MR) is 166 cm³/mol. The number of nitrogens with zero attached hydrogens (tertiary/aromatic N) is 1. The fourth-order valence-corrected chi connectivity index (χ4v) is 5.71. The molecule has 2 atom stereocenters. The van der Waals surface area contributed by atoms with Gasteiger partial charge in [0, 0.05) is 18.2 Å². The standard InChI is InChI=1S/C34H32N2O6S/c1-3-24(19-33-35(4-2)29-21-27(15-17-31(29)41-33)25-11-7-5-8-12-25)20-34-36(23-40-43(37,38)39)30-22-28(16-18-32(30)42-34)26-13-9-6-10-14-26/h5-22,33H,3-4,23H2,1-2H3,(H,37,38,39)/p+1/b24-19+,34-20+. The van der Waals surface area contributed by atoms with Crippen LogP contribution < -0.4 is 19.3 Å². The first kappa shape index (κ1) is 28.7. The Bertz CT molecular complexity index is 1790. The molecule has 0 radical (unpaired) electrons. The van der Waals surface area contributed by atoms with E-state index in [0.29, 0.717) is 23.7 Å². The molecule has 0 saturated heterocycles. The Balaban J connectivity index is 1.31. The van der Waals surface area contributed by atoms with Gasteiger partial charge in [-0.2, -0.15) is 8.42 Å². The van der Waals surface area contributed by atoms with Crippen molar-refractivity contribution in [1.82, 2.24) is 0 Å². The maximum atomic E-state index is 11.5. The number of fused-ring (bicyclic) bond motifs is 2. The third-order valence-electron chi connectivity index (χ3n) is 7.66. The molecule has 9 heteroatoms. The number of benzene rings is 4. The Kier molecular flexibility index (Phi) is 8.05. The number of rotatable bonds is 9. The van der Waals surface area contributed by atoms with Gasteiger partial charge >= 0.3 is 10.4 Å². The highest BCUT2D eigenvalue weighted by molar-refractivity contribution is 7.80. The minimum absolute atomic E-state index is 0.256. The van der Waals surface area contributed by atoms with Crippen molar-refractivity contribution in [1.29, 1.82) is 0 Å². The minimum atomic E-state index is -4.68. The van der Waals surface area contributed by atoms with Crippen molar-refractivity contribution in [3.8, 4) is 33.8 Å². The average Bonchev–Trinajstić information content (AvgIpc) is 3.55. The summed E-state index contributed by atoms with van der Waals surface area (Å²) < 4.78 is 49.8. The molecule has 6 rings (SSSR count). The number of quaternary nitrogens is 1. The maximum absolute atomic E-state index is 11.5. The molecular formula is C34H33N2O6S+. The predicted octanol–water partition coefficient (Wildman–Crippen LogP) is 6.13. The summed E-state index contributed by atoms with van der Waals surface area (Å²) in [4.78, 5) is 2.78. The molecule has 0 aromatic heterocycles. The molecule has 2 aliphatic heterocycles. The van der Waals surface area contributed by atoms with Gasteiger partial charge in [0.1, 0.15) is 6.73 Å². The number of likely N-dealkylation sites (N-methyl/N-ethyl adjacent to an activating group) is 1. The van der Waals surface area contributed by atoms with Gasteiger partial charge < -0.3 is 9.47 Å². The van der Waals surface area contributed by atoms with Gasteiger partial charge in [0.2, 0.25) is 5.88 Å². The summed E-state index contributed by atoms with van der Waals surface area (Å²) in [7, 11) is -4.68. The van der Waals surface area contributed by atoms with E-state index in [1.165, 1.54) is 4.90 Å². The number of allylic oxidation sites excluding steroid dienone is 2. The van der Waals surface area contributed by atoms with E-state index in [-0.39, 0.29) is 6.23 Å². The van der Waals surface area contributed by atoms with Crippen LogP contribution in [0.15, 0.2) is 121 Å². The Labute approximate surface area is 252 Å². The molecule has 2 unspecified atom stereocenters. The van der Waals surface area contributed by atoms with E-state index in [0.717, 1.165) is 45.8 Å². The summed E-state index contributed by atoms with van der Waals surface area (Å²) in [6.07, 6.45) is 4.37. The molecule has 2 N–H and O–H groups in total. The summed E-state index contributed by atoms with van der Waals surface area (Å²) in [6.45, 7) is 4.54. The first-order valence-electron chi connectivity index (χ1n) is 14.2. The van der Waals surface area contributed by atoms with Crippen LogP contribution in [-0.2, 0) is 14.6 Å². The van der Waals surface area contributed by atoms with Crippen LogP contribution in [0.5, 0.6) is 11.5 Å². The Morgan fingerprint density at radius 3 is 2.12 bits per heavy atom. The van der Waals surface area contributed by atoms with Gasteiger partial charge in [-0.15, -0.1) is 0 Å². The zero-order chi connectivity index (χ0) is 30.0. The Morgan fingerprint density at radius 2 is 1.51 bits per heavy atom. The number of anilines is 1. The molecule has 0 amide bonds. The Hall–Kier alpha value is -4.41. The molecule has 220 valence electrons. The van der Waals surface area contributed by atoms with Crippen molar-refractivity contribution < 1.29 is 31.5 Å². The third-order valence-corrected chi connectivity index (χ3v) is 8.06. The second-order valence-electron chi connectivity index (χ2n) is 10.3. The lowest BCUT2D eigenvalue weighted by atomic mass is 10.0. The Morgan fingerprint density at radius 1 is 0.884 bits per heavy atom. The average molecular weight is 598 g/mol. The van der Waals surface area contributed by atoms with Crippen LogP contribution in [0.3, 0.4) is 0 Å². The third kappa shape index (κ3) is 6.21. The van der Waals surface area contributed by atoms with E-state index in [1.54, 1.807) is 4.90 Å². The highest BCUT2D eigenvalue weighted by Gasteiger charge is 2.35. The van der Waals surface area contributed by atoms with Crippen LogP contribution in [0.25, 0.3) is 22.3 Å². The topological polar surface area (TPSA) is 89.7 Å². The van der Waals surface area contributed by atoms with E-state index in [4.69, 9.17) is 13.7 Å². The van der Waals surface area contributed by atoms with Crippen molar-refractivity contribution >= 4 is 21.8 Å². The van der Waals surface area contributed by atoms with Gasteiger partial charge in [-0.3, -0.25) is 14.4 Å². The second kappa shape index (κ2) is 12.1. The lowest BCUT2D eigenvalue weighted by molar-refractivity contribution is -0.860. The monoisotopic (exact) mass is 597 g/mol. The van der Waals surface area contributed by atoms with Crippen LogP contribution in [0.1, 0.15) is 20.3 Å². The van der Waals surface area contributed by atoms with Gasteiger partial charge in [0.05, 0.1) is 12.2 Å². The van der Waals surface area contributed by atoms with E-state index >= 15 is 0 Å². The van der Waals surface area contributed by atoms with Gasteiger partial charge in [0.15, 0.2) is 17.2 Å². The summed E-state index contributed by atoms with van der Waals surface area (Å²) in [5.74, 6) is 1.79. The van der Waals surface area contributed by atoms with Crippen LogP contribution in [0.2, 0.25) is 0 Å². The van der Waals surface area contributed by atoms with Crippen molar-refractivity contribution in [3.05, 3.63) is 121 Å². The van der Waals surface area contributed by atoms with Crippen LogP contribution in [0.4, 0.5) is 11.4 Å². The molecule has 2 heterocycles. The van der Waals surface area contributed by atoms with E-state index < -0.39 is 17.1 Å². The molecule has 2 aliphatic rings. The number of hydrogen-bond acceptors (Lipinski definition) is 6. The van der Waals surface area contributed by atoms with Gasteiger partial charge in [-0.1, -0.05) is 79.7 Å². The summed E-state index contributed by atoms with van der Waals surface area (Å²) in [5.41, 5.74) is 6.90. The molecule has 0 saturated carbocycles. The van der Waals surface area contributed by atoms with E-state index in [9.17, 15) is 13.0 Å². The van der Waals surface area contributed by atoms with Crippen molar-refractivity contribution in [2.75, 3.05) is 18.2 Å². The first-order chi connectivity index (χ1) is 20.8. The number of nitrogens with one attached hydrogen (secondary N) is 1. The molecule has 4 aromatic rings. The maximum Gasteiger partial charge on any atom is 0.399 e. The van der Waals surface area contributed by atoms with Crippen molar-refractivity contribution in [3.63, 3.8) is 0 Å². The fourth-order valence-electron chi connectivity index (χ4n) is 5.47. The molecule has 0 spiro atoms. The lowest BCUT2D eigenvalue weighted by Crippen LogP contribution is -3.09. The zero-order valence-corrected chi connectivity index (χ0v) is 24.8. The first-order valence-corrected chi connectivity index (χ1v) is 15.6. The summed E-state index contributed by atoms with van der Waals surface area (Å²) in [6, 6.07) is 32.1. The van der Waals surface area contributed by atoms with Crippen LogP contribution in [-0.4, -0.2) is 32.5 Å². The number of hydrogen-bond donors (Lipinski definition) is 2. The van der Waals surface area contributed by atoms with Crippen LogP contribution >= 0.6 is 0 Å². The smallest absolute Gasteiger partial charge is 0.399 e. The highest BCUT2D eigenvalue weighted by Crippen LogP contribution is 2.42. The summed E-state index contributed by atoms with van der Waals surface area (Å²) in [5, 5.41) is 0. The molecule has 8 nitrogen and oxygen atoms in total. The van der Waals surface area contributed by atoms with Crippen molar-refractivity contribution in [2.24, 2.45) is 0 Å². The van der Waals surface area contributed by atoms with Gasteiger partial charge in [0.25, 0.3) is 6.23 Å². The zero-order valence-electron chi connectivity index (χ0n) is 23.9. The lowest BCUT2D eigenvalue weighted by Gasteiger charge is -2.19. The van der Waals surface area contributed by atoms with Crippen molar-refractivity contribution in [2.45, 2.75) is 26.5 Å².